The number of nitrogens with two attached hydrogens (primary N) is 1. The predicted molar refractivity (Wildman–Crippen MR) is 233 cm³/mol. The van der Waals surface area contributed by atoms with E-state index >= 15 is 0 Å². The third-order valence-corrected chi connectivity index (χ3v) is 11.1. The minimum absolute atomic E-state index is 0.0957. The number of ether oxygens (including phenoxy) is 2. The number of phosphoric ester groups is 1. The molecule has 0 heterocycles. The SMILES string of the molecule is CCCCCCCC/C=C\CCCCCCCCCCCCOCC(COP(=O)(O)OCCN)OC(=O)CCCCCCC/C=C\CCCCCCCCC. The molecule has 0 spiro atoms. The van der Waals surface area contributed by atoms with Gasteiger partial charge in [0.05, 0.1) is 19.8 Å². The fraction of sp³-hybridized carbons (Fsp3) is 0.891. The average molecular weight is 800 g/mol. The quantitative estimate of drug-likeness (QED) is 0.0271. The molecule has 0 aromatic heterocycles. The number of unbranched alkanes of at least 4 members (excludes halogenated alkanes) is 28. The van der Waals surface area contributed by atoms with E-state index in [1.807, 2.05) is 0 Å². The minimum atomic E-state index is -4.28. The van der Waals surface area contributed by atoms with Gasteiger partial charge in [-0.2, -0.15) is 0 Å². The predicted octanol–water partition coefficient (Wildman–Crippen LogP) is 14.0. The van der Waals surface area contributed by atoms with Gasteiger partial charge in [-0.1, -0.05) is 179 Å². The number of esters is 1. The van der Waals surface area contributed by atoms with Gasteiger partial charge in [0.15, 0.2) is 0 Å². The van der Waals surface area contributed by atoms with Gasteiger partial charge in [0.2, 0.25) is 0 Å². The van der Waals surface area contributed by atoms with E-state index in [0.717, 1.165) is 44.9 Å². The number of carbonyl (C=O) groups excluding carboxylic acids is 1. The first-order valence-corrected chi connectivity index (χ1v) is 24.8. The van der Waals surface area contributed by atoms with Crippen LogP contribution in [0.2, 0.25) is 0 Å². The van der Waals surface area contributed by atoms with Crippen LogP contribution in [0.15, 0.2) is 24.3 Å². The van der Waals surface area contributed by atoms with Gasteiger partial charge in [-0.25, -0.2) is 4.57 Å². The van der Waals surface area contributed by atoms with Crippen molar-refractivity contribution in [3.8, 4) is 0 Å². The fourth-order valence-corrected chi connectivity index (χ4v) is 7.40. The van der Waals surface area contributed by atoms with Crippen LogP contribution in [0.1, 0.15) is 226 Å². The molecule has 8 nitrogen and oxygen atoms in total. The van der Waals surface area contributed by atoms with Gasteiger partial charge in [0, 0.05) is 19.6 Å². The maximum atomic E-state index is 12.6. The summed E-state index contributed by atoms with van der Waals surface area (Å²) in [7, 11) is -4.28. The second kappa shape index (κ2) is 44.1. The summed E-state index contributed by atoms with van der Waals surface area (Å²) in [5.41, 5.74) is 5.38. The largest absolute Gasteiger partial charge is 0.472 e. The Morgan fingerprint density at radius 2 is 0.909 bits per heavy atom. The number of rotatable bonds is 45. The summed E-state index contributed by atoms with van der Waals surface area (Å²) in [4.78, 5) is 22.5. The number of allylic oxidation sites excluding steroid dienone is 4. The van der Waals surface area contributed by atoms with Crippen molar-refractivity contribution in [3.63, 3.8) is 0 Å². The monoisotopic (exact) mass is 800 g/mol. The number of carbonyl (C=O) groups is 1. The smallest absolute Gasteiger partial charge is 0.457 e. The third kappa shape index (κ3) is 43.9. The van der Waals surface area contributed by atoms with Gasteiger partial charge in [-0.15, -0.1) is 0 Å². The average Bonchev–Trinajstić information content (AvgIpc) is 3.17. The van der Waals surface area contributed by atoms with Crippen molar-refractivity contribution in [2.24, 2.45) is 5.73 Å². The van der Waals surface area contributed by atoms with E-state index in [-0.39, 0.29) is 32.3 Å². The van der Waals surface area contributed by atoms with Gasteiger partial charge >= 0.3 is 13.8 Å². The van der Waals surface area contributed by atoms with Crippen LogP contribution in [0.25, 0.3) is 0 Å². The molecule has 0 saturated heterocycles. The van der Waals surface area contributed by atoms with Crippen LogP contribution >= 0.6 is 7.82 Å². The highest BCUT2D eigenvalue weighted by Crippen LogP contribution is 2.43. The summed E-state index contributed by atoms with van der Waals surface area (Å²) < 4.78 is 33.5. The van der Waals surface area contributed by atoms with Gasteiger partial charge in [0.1, 0.15) is 6.10 Å². The molecular weight excluding hydrogens is 709 g/mol. The van der Waals surface area contributed by atoms with E-state index < -0.39 is 13.9 Å². The van der Waals surface area contributed by atoms with Gasteiger partial charge in [-0.3, -0.25) is 13.8 Å². The molecule has 2 atom stereocenters. The van der Waals surface area contributed by atoms with E-state index in [1.54, 1.807) is 0 Å². The Kier molecular flexibility index (Phi) is 43.3. The summed E-state index contributed by atoms with van der Waals surface area (Å²) in [6, 6.07) is 0. The summed E-state index contributed by atoms with van der Waals surface area (Å²) >= 11 is 0. The fourth-order valence-electron chi connectivity index (χ4n) is 6.63. The van der Waals surface area contributed by atoms with Crippen molar-refractivity contribution < 1.29 is 32.8 Å². The van der Waals surface area contributed by atoms with E-state index in [4.69, 9.17) is 24.3 Å². The van der Waals surface area contributed by atoms with Crippen molar-refractivity contribution in [2.75, 3.05) is 33.0 Å². The van der Waals surface area contributed by atoms with Crippen LogP contribution < -0.4 is 5.73 Å². The normalized spacial score (nSPS) is 13.6. The number of hydrogen-bond acceptors (Lipinski definition) is 7. The molecule has 0 aliphatic carbocycles. The molecule has 9 heteroatoms. The number of hydrogen-bond donors (Lipinski definition) is 2. The van der Waals surface area contributed by atoms with Crippen LogP contribution in [0, 0.1) is 0 Å². The zero-order chi connectivity index (χ0) is 40.2. The van der Waals surface area contributed by atoms with Gasteiger partial charge < -0.3 is 20.1 Å². The van der Waals surface area contributed by atoms with E-state index in [9.17, 15) is 14.3 Å². The topological polar surface area (TPSA) is 117 Å². The van der Waals surface area contributed by atoms with Crippen molar-refractivity contribution in [2.45, 2.75) is 232 Å². The lowest BCUT2D eigenvalue weighted by Crippen LogP contribution is -2.28. The Labute approximate surface area is 340 Å². The lowest BCUT2D eigenvalue weighted by atomic mass is 10.1. The van der Waals surface area contributed by atoms with Gasteiger partial charge in [0.25, 0.3) is 0 Å². The van der Waals surface area contributed by atoms with Crippen molar-refractivity contribution in [1.82, 2.24) is 0 Å². The van der Waals surface area contributed by atoms with Crippen molar-refractivity contribution in [1.29, 1.82) is 0 Å². The summed E-state index contributed by atoms with van der Waals surface area (Å²) in [5.74, 6) is -0.336. The lowest BCUT2D eigenvalue weighted by molar-refractivity contribution is -0.154. The minimum Gasteiger partial charge on any atom is -0.457 e. The molecule has 0 aromatic carbocycles. The first kappa shape index (κ1) is 54.0. The van der Waals surface area contributed by atoms with Crippen LogP contribution in [0.4, 0.5) is 0 Å². The Bertz CT molecular complexity index is 900. The van der Waals surface area contributed by atoms with Crippen LogP contribution in [0.5, 0.6) is 0 Å². The Morgan fingerprint density at radius 3 is 1.33 bits per heavy atom. The summed E-state index contributed by atoms with van der Waals surface area (Å²) in [6.45, 7) is 4.94. The highest BCUT2D eigenvalue weighted by molar-refractivity contribution is 7.47. The zero-order valence-corrected chi connectivity index (χ0v) is 37.1. The Morgan fingerprint density at radius 1 is 0.527 bits per heavy atom. The van der Waals surface area contributed by atoms with E-state index in [0.29, 0.717) is 13.0 Å². The highest BCUT2D eigenvalue weighted by Gasteiger charge is 2.25. The standard InChI is InChI=1S/C46H90NO7P/c1-3-5-7-9-11-13-15-17-19-21-22-23-24-26-28-30-32-34-36-38-41-51-43-45(44-53-55(49,50)52-42-40-47)54-46(48)39-37-35-33-31-29-27-25-20-18-16-14-12-10-8-6-4-2/h17,19-20,25,45H,3-16,18,21-24,26-44,47H2,1-2H3,(H,49,50)/b19-17-,25-20-. The third-order valence-electron chi connectivity index (χ3n) is 10.1. The molecule has 0 aliphatic rings. The lowest BCUT2D eigenvalue weighted by Gasteiger charge is -2.20. The molecule has 0 amide bonds. The van der Waals surface area contributed by atoms with Crippen LogP contribution in [-0.4, -0.2) is 49.9 Å². The Balaban J connectivity index is 3.98. The first-order valence-electron chi connectivity index (χ1n) is 23.3. The summed E-state index contributed by atoms with van der Waals surface area (Å²) in [5, 5.41) is 0. The molecule has 0 radical (unpaired) electrons. The second-order valence-electron chi connectivity index (χ2n) is 15.6. The van der Waals surface area contributed by atoms with Crippen LogP contribution in [0.3, 0.4) is 0 Å². The Hall–Kier alpha value is -1.02. The molecule has 0 aliphatic heterocycles. The molecule has 0 saturated carbocycles. The van der Waals surface area contributed by atoms with Crippen molar-refractivity contribution in [3.05, 3.63) is 24.3 Å². The second-order valence-corrected chi connectivity index (χ2v) is 17.1. The maximum Gasteiger partial charge on any atom is 0.472 e. The molecule has 2 unspecified atom stereocenters. The summed E-state index contributed by atoms with van der Waals surface area (Å²) in [6.07, 6.45) is 49.1. The molecule has 0 aromatic rings. The maximum absolute atomic E-state index is 12.6. The van der Waals surface area contributed by atoms with E-state index in [2.05, 4.69) is 38.2 Å². The van der Waals surface area contributed by atoms with Crippen molar-refractivity contribution >= 4 is 13.8 Å². The van der Waals surface area contributed by atoms with Crippen LogP contribution in [-0.2, 0) is 27.9 Å². The molecule has 55 heavy (non-hydrogen) atoms. The molecule has 326 valence electrons. The zero-order valence-electron chi connectivity index (χ0n) is 36.2. The number of phosphoric acid groups is 1. The molecule has 3 N–H and O–H groups in total. The molecule has 0 fully saturated rings. The molecule has 0 bridgehead atoms. The van der Waals surface area contributed by atoms with Gasteiger partial charge in [-0.05, 0) is 64.2 Å². The molecule has 0 rings (SSSR count). The van der Waals surface area contributed by atoms with E-state index in [1.165, 1.54) is 161 Å². The molecular formula is C46H90NO7P. The highest BCUT2D eigenvalue weighted by atomic mass is 31.2. The first-order chi connectivity index (χ1) is 26.9.